The van der Waals surface area contributed by atoms with E-state index in [2.05, 4.69) is 26.8 Å². The van der Waals surface area contributed by atoms with Gasteiger partial charge in [0.2, 0.25) is 0 Å². The van der Waals surface area contributed by atoms with Crippen LogP contribution in [0.4, 0.5) is 0 Å². The molecule has 0 atom stereocenters. The highest BCUT2D eigenvalue weighted by Crippen LogP contribution is 2.15. The molecular weight excluding hydrogens is 298 g/mol. The van der Waals surface area contributed by atoms with E-state index in [1.54, 1.807) is 4.57 Å². The highest BCUT2D eigenvalue weighted by atomic mass is 79.9. The van der Waals surface area contributed by atoms with Crippen LogP contribution >= 0.6 is 28.1 Å². The summed E-state index contributed by atoms with van der Waals surface area (Å²) in [5, 5.41) is 8.97. The van der Waals surface area contributed by atoms with E-state index in [0.29, 0.717) is 23.2 Å². The van der Waals surface area contributed by atoms with Gasteiger partial charge in [-0.1, -0.05) is 15.9 Å². The summed E-state index contributed by atoms with van der Waals surface area (Å²) in [6.07, 6.45) is 5.80. The van der Waals surface area contributed by atoms with Crippen molar-refractivity contribution in [3.63, 3.8) is 0 Å². The monoisotopic (exact) mass is 307 g/mol. The van der Waals surface area contributed by atoms with Crippen molar-refractivity contribution < 1.29 is 0 Å². The van der Waals surface area contributed by atoms with E-state index in [-0.39, 0.29) is 0 Å². The Hall–Kier alpha value is -1.38. The highest BCUT2D eigenvalue weighted by molar-refractivity contribution is 9.10. The Labute approximate surface area is 112 Å². The Kier molecular flexibility index (Phi) is 3.46. The molecule has 0 aliphatic carbocycles. The summed E-state index contributed by atoms with van der Waals surface area (Å²) in [7, 11) is 0. The average molecular weight is 308 g/mol. The topological polar surface area (TPSA) is 44.6 Å². The van der Waals surface area contributed by atoms with E-state index < -0.39 is 0 Å². The van der Waals surface area contributed by atoms with E-state index in [0.717, 1.165) is 15.4 Å². The van der Waals surface area contributed by atoms with Gasteiger partial charge in [-0.15, -0.1) is 12.3 Å². The third-order valence-corrected chi connectivity index (χ3v) is 3.29. The zero-order valence-corrected chi connectivity index (χ0v) is 11.4. The minimum atomic E-state index is 0.389. The first-order valence-corrected chi connectivity index (χ1v) is 6.24. The molecule has 0 radical (unpaired) electrons. The molecule has 5 heteroatoms. The largest absolute Gasteiger partial charge is 0.332 e. The van der Waals surface area contributed by atoms with Crippen LogP contribution in [0.2, 0.25) is 0 Å². The van der Waals surface area contributed by atoms with Gasteiger partial charge in [-0.2, -0.15) is 0 Å². The van der Waals surface area contributed by atoms with Gasteiger partial charge in [0.15, 0.2) is 4.77 Å². The van der Waals surface area contributed by atoms with E-state index in [9.17, 15) is 0 Å². The number of nitrogens with one attached hydrogen (secondary N) is 2. The molecular formula is C12H10BrN3S. The fourth-order valence-electron chi connectivity index (χ4n) is 1.64. The summed E-state index contributed by atoms with van der Waals surface area (Å²) in [6, 6.07) is 5.72. The fourth-order valence-corrected chi connectivity index (χ4v) is 2.29. The number of nitrogens with zero attached hydrogens (tertiary/aromatic N) is 1. The molecule has 0 unspecified atom stereocenters. The first-order valence-electron chi connectivity index (χ1n) is 5.04. The maximum atomic E-state index is 8.14. The summed E-state index contributed by atoms with van der Waals surface area (Å²) in [4.78, 5) is 3.10. The van der Waals surface area contributed by atoms with Gasteiger partial charge in [-0.3, -0.25) is 5.41 Å². The molecule has 1 aromatic carbocycles. The number of rotatable bonds is 2. The fraction of sp³-hybridized carbons (Fsp3) is 0.167. The van der Waals surface area contributed by atoms with Crippen LogP contribution in [0.15, 0.2) is 22.7 Å². The van der Waals surface area contributed by atoms with Gasteiger partial charge in [0.25, 0.3) is 0 Å². The number of hydrogen-bond donors (Lipinski definition) is 2. The molecule has 1 heterocycles. The van der Waals surface area contributed by atoms with E-state index in [1.165, 1.54) is 0 Å². The molecule has 2 rings (SSSR count). The lowest BCUT2D eigenvalue weighted by atomic mass is 10.2. The van der Waals surface area contributed by atoms with Crippen molar-refractivity contribution in [3.8, 4) is 12.3 Å². The second-order valence-electron chi connectivity index (χ2n) is 3.57. The van der Waals surface area contributed by atoms with Crippen LogP contribution in [0.1, 0.15) is 6.42 Å². The predicted molar refractivity (Wildman–Crippen MR) is 74.1 cm³/mol. The Balaban J connectivity index is 2.75. The van der Waals surface area contributed by atoms with Crippen LogP contribution in [0, 0.1) is 22.5 Å². The van der Waals surface area contributed by atoms with E-state index >= 15 is 0 Å². The molecule has 1 aromatic heterocycles. The zero-order chi connectivity index (χ0) is 12.4. The number of hydrogen-bond acceptors (Lipinski definition) is 2. The standard InChI is InChI=1S/C12H10BrN3S/c1-2-3-6-16-11(14)9-7-8(13)4-5-10(9)15-12(16)17/h1,4-5,7,14H,3,6H2,(H,15,17). The number of terminal acetylenes is 1. The third kappa shape index (κ3) is 2.33. The quantitative estimate of drug-likeness (QED) is 0.650. The molecule has 0 aliphatic rings. The molecule has 3 nitrogen and oxygen atoms in total. The minimum Gasteiger partial charge on any atom is -0.332 e. The van der Waals surface area contributed by atoms with Crippen LogP contribution in [-0.4, -0.2) is 9.55 Å². The number of benzene rings is 1. The van der Waals surface area contributed by atoms with Gasteiger partial charge in [0.1, 0.15) is 5.49 Å². The van der Waals surface area contributed by atoms with Gasteiger partial charge >= 0.3 is 0 Å². The Morgan fingerprint density at radius 3 is 3.00 bits per heavy atom. The number of aromatic nitrogens is 2. The molecule has 0 saturated heterocycles. The van der Waals surface area contributed by atoms with Gasteiger partial charge in [-0.25, -0.2) is 0 Å². The number of halogens is 1. The van der Waals surface area contributed by atoms with Gasteiger partial charge in [0.05, 0.1) is 5.52 Å². The van der Waals surface area contributed by atoms with Crippen molar-refractivity contribution in [2.75, 3.05) is 0 Å². The molecule has 2 N–H and O–H groups in total. The Morgan fingerprint density at radius 1 is 1.53 bits per heavy atom. The molecule has 0 bridgehead atoms. The SMILES string of the molecule is C#CCCn1c(=S)[nH]c2ccc(Br)cc2c1=N. The molecule has 0 aliphatic heterocycles. The van der Waals surface area contributed by atoms with Crippen LogP contribution in [0.25, 0.3) is 10.9 Å². The summed E-state index contributed by atoms with van der Waals surface area (Å²) >= 11 is 8.62. The second-order valence-corrected chi connectivity index (χ2v) is 4.88. The first-order chi connectivity index (χ1) is 8.13. The summed E-state index contributed by atoms with van der Waals surface area (Å²) < 4.78 is 3.18. The van der Waals surface area contributed by atoms with Crippen LogP contribution < -0.4 is 5.49 Å². The van der Waals surface area contributed by atoms with E-state index in [1.807, 2.05) is 18.2 Å². The van der Waals surface area contributed by atoms with Crippen molar-refractivity contribution in [1.29, 1.82) is 5.41 Å². The maximum Gasteiger partial charge on any atom is 0.179 e. The average Bonchev–Trinajstić information content (AvgIpc) is 2.30. The molecule has 17 heavy (non-hydrogen) atoms. The second kappa shape index (κ2) is 4.86. The van der Waals surface area contributed by atoms with Gasteiger partial charge in [0, 0.05) is 22.8 Å². The normalized spacial score (nSPS) is 10.4. The molecule has 0 saturated carbocycles. The zero-order valence-electron chi connectivity index (χ0n) is 8.96. The lowest BCUT2D eigenvalue weighted by Crippen LogP contribution is -2.22. The van der Waals surface area contributed by atoms with Crippen molar-refractivity contribution >= 4 is 39.1 Å². The lowest BCUT2D eigenvalue weighted by Gasteiger charge is -2.08. The summed E-state index contributed by atoms with van der Waals surface area (Å²) in [5.41, 5.74) is 1.25. The number of fused-ring (bicyclic) bond motifs is 1. The number of H-pyrrole nitrogens is 1. The van der Waals surface area contributed by atoms with Crippen molar-refractivity contribution in [1.82, 2.24) is 9.55 Å². The summed E-state index contributed by atoms with van der Waals surface area (Å²) in [5.74, 6) is 2.56. The predicted octanol–water partition coefficient (Wildman–Crippen LogP) is 2.96. The van der Waals surface area contributed by atoms with Crippen LogP contribution in [0.3, 0.4) is 0 Å². The molecule has 2 aromatic rings. The molecule has 86 valence electrons. The van der Waals surface area contributed by atoms with Crippen molar-refractivity contribution in [3.05, 3.63) is 32.9 Å². The lowest BCUT2D eigenvalue weighted by molar-refractivity contribution is 0.652. The van der Waals surface area contributed by atoms with Gasteiger partial charge in [-0.05, 0) is 30.4 Å². The van der Waals surface area contributed by atoms with Crippen molar-refractivity contribution in [2.45, 2.75) is 13.0 Å². The van der Waals surface area contributed by atoms with Crippen LogP contribution in [0.5, 0.6) is 0 Å². The molecule has 0 fully saturated rings. The Bertz CT molecular complexity index is 721. The minimum absolute atomic E-state index is 0.389. The molecule has 0 amide bonds. The van der Waals surface area contributed by atoms with Crippen LogP contribution in [-0.2, 0) is 6.54 Å². The van der Waals surface area contributed by atoms with E-state index in [4.69, 9.17) is 24.1 Å². The smallest absolute Gasteiger partial charge is 0.179 e. The Morgan fingerprint density at radius 2 is 2.29 bits per heavy atom. The third-order valence-electron chi connectivity index (χ3n) is 2.47. The summed E-state index contributed by atoms with van der Waals surface area (Å²) in [6.45, 7) is 0.563. The number of aromatic amines is 1. The molecule has 0 spiro atoms. The highest BCUT2D eigenvalue weighted by Gasteiger charge is 2.02. The first kappa shape index (κ1) is 12.1. The van der Waals surface area contributed by atoms with Gasteiger partial charge < -0.3 is 9.55 Å². The van der Waals surface area contributed by atoms with Crippen molar-refractivity contribution in [2.24, 2.45) is 0 Å². The maximum absolute atomic E-state index is 8.14.